The van der Waals surface area contributed by atoms with E-state index in [9.17, 15) is 13.2 Å². The highest BCUT2D eigenvalue weighted by Gasteiger charge is 2.29. The van der Waals surface area contributed by atoms with E-state index in [1.807, 2.05) is 0 Å². The summed E-state index contributed by atoms with van der Waals surface area (Å²) in [6, 6.07) is 5.32. The lowest BCUT2D eigenvalue weighted by atomic mass is 10.1. The smallest absolute Gasteiger partial charge is 0.301 e. The van der Waals surface area contributed by atoms with Crippen molar-refractivity contribution < 1.29 is 13.2 Å². The lowest BCUT2D eigenvalue weighted by molar-refractivity contribution is -0.137. The van der Waals surface area contributed by atoms with E-state index in [1.165, 1.54) is 12.1 Å². The number of aryl methyl sites for hydroxylation is 1. The summed E-state index contributed by atoms with van der Waals surface area (Å²) in [6.07, 6.45) is -1.62. The molecule has 0 heterocycles. The second-order valence-electron chi connectivity index (χ2n) is 3.60. The van der Waals surface area contributed by atoms with Crippen molar-refractivity contribution in [2.75, 3.05) is 6.54 Å². The van der Waals surface area contributed by atoms with Gasteiger partial charge in [-0.2, -0.15) is 13.2 Å². The van der Waals surface area contributed by atoms with Gasteiger partial charge in [0.2, 0.25) is 0 Å². The fraction of sp³-hybridized carbons (Fsp3) is 0.417. The molecule has 88 valence electrons. The molecule has 0 aliphatic heterocycles. The van der Waals surface area contributed by atoms with E-state index in [2.05, 4.69) is 11.7 Å². The molecule has 1 aromatic rings. The molecule has 1 nitrogen and oxygen atoms in total. The molecule has 0 aromatic heterocycles. The minimum Gasteiger partial charge on any atom is -0.301 e. The molecule has 0 saturated carbocycles. The lowest BCUT2D eigenvalue weighted by Gasteiger charge is -2.07. The molecule has 1 rings (SSSR count). The van der Waals surface area contributed by atoms with Crippen molar-refractivity contribution in [3.8, 4) is 0 Å². The number of benzene rings is 1. The molecule has 0 spiro atoms. The standard InChI is InChI=1S/C12H14F3N/c1-16-9-3-2-4-10-5-7-11(8-6-10)12(13,14)15/h5-8H,1-4,9H2. The van der Waals surface area contributed by atoms with Gasteiger partial charge in [-0.05, 0) is 43.7 Å². The number of alkyl halides is 3. The largest absolute Gasteiger partial charge is 0.416 e. The molecule has 0 saturated heterocycles. The van der Waals surface area contributed by atoms with Gasteiger partial charge >= 0.3 is 6.18 Å². The Morgan fingerprint density at radius 1 is 1.06 bits per heavy atom. The van der Waals surface area contributed by atoms with Crippen LogP contribution in [0.4, 0.5) is 13.2 Å². The molecular formula is C12H14F3N. The summed E-state index contributed by atoms with van der Waals surface area (Å²) in [4.78, 5) is 3.71. The topological polar surface area (TPSA) is 12.4 Å². The zero-order valence-electron chi connectivity index (χ0n) is 8.93. The molecule has 0 atom stereocenters. The summed E-state index contributed by atoms with van der Waals surface area (Å²) < 4.78 is 36.8. The normalized spacial score (nSPS) is 11.4. The third kappa shape index (κ3) is 4.04. The number of hydrogen-bond donors (Lipinski definition) is 0. The molecule has 0 aliphatic rings. The second-order valence-corrected chi connectivity index (χ2v) is 3.60. The first-order chi connectivity index (χ1) is 7.54. The maximum Gasteiger partial charge on any atom is 0.416 e. The van der Waals surface area contributed by atoms with Gasteiger partial charge in [0, 0.05) is 6.54 Å². The molecule has 0 amide bonds. The summed E-state index contributed by atoms with van der Waals surface area (Å²) in [5.74, 6) is 0. The van der Waals surface area contributed by atoms with Crippen molar-refractivity contribution in [1.29, 1.82) is 0 Å². The monoisotopic (exact) mass is 229 g/mol. The Morgan fingerprint density at radius 3 is 2.19 bits per heavy atom. The predicted octanol–water partition coefficient (Wildman–Crippen LogP) is 3.73. The van der Waals surface area contributed by atoms with E-state index in [4.69, 9.17) is 0 Å². The van der Waals surface area contributed by atoms with Crippen LogP contribution >= 0.6 is 0 Å². The first-order valence-electron chi connectivity index (χ1n) is 5.12. The molecule has 4 heteroatoms. The predicted molar refractivity (Wildman–Crippen MR) is 58.8 cm³/mol. The summed E-state index contributed by atoms with van der Waals surface area (Å²) >= 11 is 0. The van der Waals surface area contributed by atoms with Crippen LogP contribution in [0, 0.1) is 0 Å². The van der Waals surface area contributed by atoms with Crippen LogP contribution in [0.5, 0.6) is 0 Å². The van der Waals surface area contributed by atoms with Gasteiger partial charge in [-0.3, -0.25) is 0 Å². The Kier molecular flexibility index (Phi) is 4.52. The van der Waals surface area contributed by atoms with E-state index in [-0.39, 0.29) is 0 Å². The van der Waals surface area contributed by atoms with E-state index >= 15 is 0 Å². The summed E-state index contributed by atoms with van der Waals surface area (Å²) in [6.45, 7) is 4.08. The second kappa shape index (κ2) is 5.68. The third-order valence-corrected chi connectivity index (χ3v) is 2.31. The molecule has 0 aliphatic carbocycles. The molecule has 0 fully saturated rings. The van der Waals surface area contributed by atoms with Gasteiger partial charge in [-0.15, -0.1) is 0 Å². The zero-order valence-corrected chi connectivity index (χ0v) is 8.93. The van der Waals surface area contributed by atoms with Gasteiger partial charge in [-0.1, -0.05) is 12.1 Å². The molecule has 0 unspecified atom stereocenters. The molecule has 0 N–H and O–H groups in total. The highest BCUT2D eigenvalue weighted by Crippen LogP contribution is 2.29. The van der Waals surface area contributed by atoms with E-state index in [0.29, 0.717) is 6.54 Å². The van der Waals surface area contributed by atoms with E-state index in [0.717, 1.165) is 37.0 Å². The van der Waals surface area contributed by atoms with Gasteiger partial charge in [0.15, 0.2) is 0 Å². The summed E-state index contributed by atoms with van der Waals surface area (Å²) in [5, 5.41) is 0. The van der Waals surface area contributed by atoms with Crippen LogP contribution in [0.3, 0.4) is 0 Å². The Balaban J connectivity index is 2.48. The fourth-order valence-electron chi connectivity index (χ4n) is 1.41. The Bertz CT molecular complexity index is 327. The minimum atomic E-state index is -4.24. The van der Waals surface area contributed by atoms with Gasteiger partial charge < -0.3 is 4.99 Å². The van der Waals surface area contributed by atoms with Crippen LogP contribution in [0.15, 0.2) is 29.3 Å². The van der Waals surface area contributed by atoms with E-state index in [1.54, 1.807) is 0 Å². The van der Waals surface area contributed by atoms with Gasteiger partial charge in [0.1, 0.15) is 0 Å². The quantitative estimate of drug-likeness (QED) is 0.539. The van der Waals surface area contributed by atoms with Gasteiger partial charge in [0.05, 0.1) is 5.56 Å². The lowest BCUT2D eigenvalue weighted by Crippen LogP contribution is -2.04. The number of rotatable bonds is 5. The Hall–Kier alpha value is -1.32. The van der Waals surface area contributed by atoms with E-state index < -0.39 is 11.7 Å². The third-order valence-electron chi connectivity index (χ3n) is 2.31. The maximum atomic E-state index is 12.3. The molecule has 16 heavy (non-hydrogen) atoms. The van der Waals surface area contributed by atoms with Crippen LogP contribution in [-0.4, -0.2) is 13.3 Å². The highest BCUT2D eigenvalue weighted by molar-refractivity contribution is 5.24. The SMILES string of the molecule is C=NCCCCc1ccc(C(F)(F)F)cc1. The van der Waals surface area contributed by atoms with Crippen LogP contribution in [0.25, 0.3) is 0 Å². The zero-order chi connectivity index (χ0) is 12.0. The van der Waals surface area contributed by atoms with Crippen molar-refractivity contribution in [3.63, 3.8) is 0 Å². The first-order valence-corrected chi connectivity index (χ1v) is 5.12. The highest BCUT2D eigenvalue weighted by atomic mass is 19.4. The fourth-order valence-corrected chi connectivity index (χ4v) is 1.41. The van der Waals surface area contributed by atoms with Crippen molar-refractivity contribution in [2.45, 2.75) is 25.4 Å². The average molecular weight is 229 g/mol. The molecular weight excluding hydrogens is 215 g/mol. The molecule has 0 radical (unpaired) electrons. The number of unbranched alkanes of at least 4 members (excludes halogenated alkanes) is 1. The number of halogens is 3. The molecule has 1 aromatic carbocycles. The number of aliphatic imine (C=N–C) groups is 1. The van der Waals surface area contributed by atoms with Gasteiger partial charge in [0.25, 0.3) is 0 Å². The van der Waals surface area contributed by atoms with Crippen LogP contribution < -0.4 is 0 Å². The first kappa shape index (κ1) is 12.7. The van der Waals surface area contributed by atoms with Crippen LogP contribution in [-0.2, 0) is 12.6 Å². The average Bonchev–Trinajstić information content (AvgIpc) is 2.24. The summed E-state index contributed by atoms with van der Waals surface area (Å²) in [5.41, 5.74) is 0.334. The van der Waals surface area contributed by atoms with Crippen LogP contribution in [0.1, 0.15) is 24.0 Å². The minimum absolute atomic E-state index is 0.594. The number of nitrogens with zero attached hydrogens (tertiary/aromatic N) is 1. The van der Waals surface area contributed by atoms with Crippen LogP contribution in [0.2, 0.25) is 0 Å². The molecule has 0 bridgehead atoms. The maximum absolute atomic E-state index is 12.3. The Morgan fingerprint density at radius 2 is 1.69 bits per heavy atom. The van der Waals surface area contributed by atoms with Crippen molar-refractivity contribution in [3.05, 3.63) is 35.4 Å². The van der Waals surface area contributed by atoms with Crippen molar-refractivity contribution in [2.24, 2.45) is 4.99 Å². The summed E-state index contributed by atoms with van der Waals surface area (Å²) in [7, 11) is 0. The van der Waals surface area contributed by atoms with Crippen molar-refractivity contribution >= 4 is 6.72 Å². The van der Waals surface area contributed by atoms with Crippen molar-refractivity contribution in [1.82, 2.24) is 0 Å². The number of hydrogen-bond acceptors (Lipinski definition) is 1. The Labute approximate surface area is 93.0 Å². The van der Waals surface area contributed by atoms with Gasteiger partial charge in [-0.25, -0.2) is 0 Å².